The van der Waals surface area contributed by atoms with Gasteiger partial charge in [0, 0.05) is 45.0 Å². The largest absolute Gasteiger partial charge is 0.494 e. The highest BCUT2D eigenvalue weighted by Gasteiger charge is 2.46. The maximum atomic E-state index is 6.41. The summed E-state index contributed by atoms with van der Waals surface area (Å²) in [6.07, 6.45) is 9.23. The van der Waals surface area contributed by atoms with Gasteiger partial charge in [0.05, 0.1) is 13.2 Å². The summed E-state index contributed by atoms with van der Waals surface area (Å²) in [4.78, 5) is 4.90. The highest BCUT2D eigenvalue weighted by Crippen LogP contribution is 2.59. The molecule has 4 nitrogen and oxygen atoms in total. The Labute approximate surface area is 566 Å². The van der Waals surface area contributed by atoms with Crippen LogP contribution in [0.15, 0.2) is 341 Å². The molecule has 4 heteroatoms. The normalized spacial score (nSPS) is 14.8. The SMILES string of the molecule is C=Cc1ccc(OCCCCC2(c3ccccc3)c3ccccc3-c3ccc(N(c4ccc(N(c5ccc(-c6ccccc6)cc5)c5ccc(-c6ccccc6)cc5)cc4)c4ccc5c(c4)C(CCCCOc4ccc(C=C)cc4)(c4ccccc4)c4ccccc4-5)cc32)cc1. The number of ether oxygens (including phenoxy) is 2. The lowest BCUT2D eigenvalue weighted by molar-refractivity contribution is 0.301. The number of hydrogen-bond donors (Lipinski definition) is 0. The van der Waals surface area contributed by atoms with Crippen LogP contribution in [0.4, 0.5) is 34.1 Å². The Morgan fingerprint density at radius 3 is 0.948 bits per heavy atom. The maximum Gasteiger partial charge on any atom is 0.119 e. The number of fused-ring (bicyclic) bond motifs is 6. The van der Waals surface area contributed by atoms with Crippen molar-refractivity contribution in [2.45, 2.75) is 49.4 Å². The molecule has 0 bridgehead atoms. The molecule has 2 atom stereocenters. The fraction of sp³-hybridized carbons (Fsp3) is 0.109. The van der Waals surface area contributed by atoms with Crippen molar-refractivity contribution in [3.8, 4) is 56.0 Å². The summed E-state index contributed by atoms with van der Waals surface area (Å²) in [5.41, 5.74) is 25.4. The second-order valence-electron chi connectivity index (χ2n) is 25.3. The zero-order chi connectivity index (χ0) is 64.7. The summed E-state index contributed by atoms with van der Waals surface area (Å²) >= 11 is 0. The van der Waals surface area contributed by atoms with Crippen LogP contribution in [0.5, 0.6) is 11.5 Å². The van der Waals surface area contributed by atoms with Crippen LogP contribution in [0.2, 0.25) is 0 Å². The van der Waals surface area contributed by atoms with E-state index in [4.69, 9.17) is 9.47 Å². The number of anilines is 6. The molecule has 0 radical (unpaired) electrons. The second-order valence-corrected chi connectivity index (χ2v) is 25.3. The Bertz CT molecular complexity index is 4530. The van der Waals surface area contributed by atoms with E-state index in [0.29, 0.717) is 13.2 Å². The minimum absolute atomic E-state index is 0.447. The van der Waals surface area contributed by atoms with Crippen molar-refractivity contribution < 1.29 is 9.47 Å². The van der Waals surface area contributed by atoms with Gasteiger partial charge in [-0.05, 0) is 225 Å². The molecule has 0 spiro atoms. The molecule has 2 aliphatic rings. The van der Waals surface area contributed by atoms with Gasteiger partial charge in [0.25, 0.3) is 0 Å². The van der Waals surface area contributed by atoms with Crippen LogP contribution in [-0.2, 0) is 10.8 Å². The molecule has 0 saturated carbocycles. The van der Waals surface area contributed by atoms with Crippen LogP contribution in [0.25, 0.3) is 56.7 Å². The summed E-state index contributed by atoms with van der Waals surface area (Å²) in [6.45, 7) is 9.14. The zero-order valence-electron chi connectivity index (χ0n) is 54.1. The third-order valence-electron chi connectivity index (χ3n) is 19.8. The molecule has 15 rings (SSSR count). The standard InChI is InChI=1S/C92H76N2O2/c1-3-67-37-55-81(56-38-67)95-63-23-21-61-91(73-29-13-7-14-30-73)87-35-19-17-33-83(87)85-59-53-79(65-89(85)91)94(78-51-49-77(50-52-78)93(75-45-41-71(42-46-75)69-25-9-5-10-26-69)76-47-43-72(44-48-76)70-27-11-6-12-28-70)80-54-60-86-84-34-18-20-36-88(84)92(90(86)66-80,74-31-15-8-16-32-74)62-22-24-64-96-82-57-39-68(4-2)40-58-82/h3-20,25-60,65-66H,1-2,21-24,61-64H2. The Hall–Kier alpha value is -11.5. The molecule has 0 aromatic heterocycles. The van der Waals surface area contributed by atoms with Gasteiger partial charge in [-0.15, -0.1) is 0 Å². The van der Waals surface area contributed by atoms with Gasteiger partial charge in [-0.2, -0.15) is 0 Å². The highest BCUT2D eigenvalue weighted by molar-refractivity contribution is 5.91. The van der Waals surface area contributed by atoms with Crippen LogP contribution in [0, 0.1) is 0 Å². The topological polar surface area (TPSA) is 24.9 Å². The first-order chi connectivity index (χ1) is 47.5. The lowest BCUT2D eigenvalue weighted by atomic mass is 9.69. The molecular weight excluding hydrogens is 1170 g/mol. The van der Waals surface area contributed by atoms with Crippen LogP contribution < -0.4 is 19.3 Å². The van der Waals surface area contributed by atoms with E-state index < -0.39 is 10.8 Å². The van der Waals surface area contributed by atoms with Crippen molar-refractivity contribution >= 4 is 46.3 Å². The quantitative estimate of drug-likeness (QED) is 0.0563. The minimum atomic E-state index is -0.447. The van der Waals surface area contributed by atoms with Crippen LogP contribution in [0.3, 0.4) is 0 Å². The molecule has 0 heterocycles. The Kier molecular flexibility index (Phi) is 17.2. The predicted octanol–water partition coefficient (Wildman–Crippen LogP) is 24.4. The van der Waals surface area contributed by atoms with Crippen molar-refractivity contribution in [3.63, 3.8) is 0 Å². The van der Waals surface area contributed by atoms with Gasteiger partial charge in [0.15, 0.2) is 0 Å². The molecule has 0 N–H and O–H groups in total. The molecule has 2 aliphatic carbocycles. The van der Waals surface area contributed by atoms with Crippen LogP contribution in [-0.4, -0.2) is 13.2 Å². The number of nitrogens with zero attached hydrogens (tertiary/aromatic N) is 2. The van der Waals surface area contributed by atoms with Crippen LogP contribution >= 0.6 is 0 Å². The van der Waals surface area contributed by atoms with E-state index >= 15 is 0 Å². The molecular formula is C92H76N2O2. The summed E-state index contributed by atoms with van der Waals surface area (Å²) in [5, 5.41) is 0. The minimum Gasteiger partial charge on any atom is -0.494 e. The van der Waals surface area contributed by atoms with Crippen molar-refractivity contribution in [1.82, 2.24) is 0 Å². The van der Waals surface area contributed by atoms with E-state index in [0.717, 1.165) is 95.3 Å². The monoisotopic (exact) mass is 1240 g/mol. The Balaban J connectivity index is 0.865. The summed E-state index contributed by atoms with van der Waals surface area (Å²) in [6, 6.07) is 120. The smallest absolute Gasteiger partial charge is 0.119 e. The van der Waals surface area contributed by atoms with E-state index in [1.165, 1.54) is 77.9 Å². The van der Waals surface area contributed by atoms with Gasteiger partial charge in [-0.3, -0.25) is 0 Å². The fourth-order valence-corrected chi connectivity index (χ4v) is 15.2. The first kappa shape index (κ1) is 60.8. The summed E-state index contributed by atoms with van der Waals surface area (Å²) in [7, 11) is 0. The molecule has 0 aliphatic heterocycles. The molecule has 466 valence electrons. The lowest BCUT2D eigenvalue weighted by Gasteiger charge is -2.35. The average Bonchev–Trinajstić information content (AvgIpc) is 1.55. The Morgan fingerprint density at radius 2 is 0.573 bits per heavy atom. The summed E-state index contributed by atoms with van der Waals surface area (Å²) in [5.74, 6) is 1.76. The van der Waals surface area contributed by atoms with Crippen molar-refractivity contribution in [2.75, 3.05) is 23.0 Å². The van der Waals surface area contributed by atoms with E-state index in [9.17, 15) is 0 Å². The number of rotatable bonds is 24. The van der Waals surface area contributed by atoms with E-state index in [2.05, 4.69) is 326 Å². The molecule has 0 saturated heterocycles. The summed E-state index contributed by atoms with van der Waals surface area (Å²) < 4.78 is 12.8. The second kappa shape index (κ2) is 27.2. The molecule has 0 amide bonds. The number of hydrogen-bond acceptors (Lipinski definition) is 4. The van der Waals surface area contributed by atoms with E-state index in [-0.39, 0.29) is 0 Å². The van der Waals surface area contributed by atoms with Crippen molar-refractivity contribution in [1.29, 1.82) is 0 Å². The van der Waals surface area contributed by atoms with Crippen molar-refractivity contribution in [2.24, 2.45) is 0 Å². The van der Waals surface area contributed by atoms with Crippen molar-refractivity contribution in [3.05, 3.63) is 385 Å². The third kappa shape index (κ3) is 11.7. The zero-order valence-corrected chi connectivity index (χ0v) is 54.1. The van der Waals surface area contributed by atoms with Gasteiger partial charge in [-0.25, -0.2) is 0 Å². The van der Waals surface area contributed by atoms with Gasteiger partial charge in [0.2, 0.25) is 0 Å². The molecule has 13 aromatic carbocycles. The third-order valence-corrected chi connectivity index (χ3v) is 19.8. The maximum absolute atomic E-state index is 6.41. The van der Waals surface area contributed by atoms with Gasteiger partial charge in [-0.1, -0.05) is 256 Å². The van der Waals surface area contributed by atoms with Gasteiger partial charge >= 0.3 is 0 Å². The van der Waals surface area contributed by atoms with Gasteiger partial charge < -0.3 is 19.3 Å². The van der Waals surface area contributed by atoms with E-state index in [1.807, 2.05) is 36.4 Å². The Morgan fingerprint density at radius 1 is 0.271 bits per heavy atom. The molecule has 13 aromatic rings. The first-order valence-electron chi connectivity index (χ1n) is 33.8. The molecule has 96 heavy (non-hydrogen) atoms. The first-order valence-corrected chi connectivity index (χ1v) is 33.8. The van der Waals surface area contributed by atoms with Gasteiger partial charge in [0.1, 0.15) is 11.5 Å². The predicted molar refractivity (Wildman–Crippen MR) is 402 cm³/mol. The number of benzene rings is 13. The van der Waals surface area contributed by atoms with E-state index in [1.54, 1.807) is 0 Å². The van der Waals surface area contributed by atoms with Crippen LogP contribution in [0.1, 0.15) is 83.0 Å². The highest BCUT2D eigenvalue weighted by atomic mass is 16.5. The number of unbranched alkanes of at least 4 members (excludes halogenated alkanes) is 2. The lowest BCUT2D eigenvalue weighted by Crippen LogP contribution is -2.28. The molecule has 0 fully saturated rings. The fourth-order valence-electron chi connectivity index (χ4n) is 15.2. The average molecular weight is 1240 g/mol. The molecule has 2 unspecified atom stereocenters.